The van der Waals surface area contributed by atoms with Crippen LogP contribution in [0.2, 0.25) is 0 Å². The van der Waals surface area contributed by atoms with E-state index in [2.05, 4.69) is 4.98 Å². The molecule has 96 valence electrons. The van der Waals surface area contributed by atoms with Crippen LogP contribution in [0.1, 0.15) is 16.9 Å². The molecule has 2 aromatic heterocycles. The zero-order valence-electron chi connectivity index (χ0n) is 10.7. The second-order valence-electron chi connectivity index (χ2n) is 4.36. The summed E-state index contributed by atoms with van der Waals surface area (Å²) in [5.74, 6) is 0.459. The molecule has 0 bridgehead atoms. The Morgan fingerprint density at radius 2 is 1.90 bits per heavy atom. The molecule has 20 heavy (non-hydrogen) atoms. The van der Waals surface area contributed by atoms with Gasteiger partial charge >= 0.3 is 0 Å². The number of carbonyl (C=O) groups excluding carboxylic acids is 1. The van der Waals surface area contributed by atoms with Gasteiger partial charge in [0.1, 0.15) is 17.9 Å². The lowest BCUT2D eigenvalue weighted by molar-refractivity contribution is 0.0995. The van der Waals surface area contributed by atoms with Gasteiger partial charge in [-0.25, -0.2) is 4.98 Å². The molecule has 0 aliphatic carbocycles. The van der Waals surface area contributed by atoms with Gasteiger partial charge in [0.15, 0.2) is 5.78 Å². The predicted octanol–water partition coefficient (Wildman–Crippen LogP) is 3.10. The molecule has 3 rings (SSSR count). The van der Waals surface area contributed by atoms with E-state index in [0.717, 1.165) is 11.1 Å². The number of Topliss-reactive ketones (excluding diaryl/α,β-unsaturated/α-hetero) is 1. The van der Waals surface area contributed by atoms with E-state index in [4.69, 9.17) is 5.26 Å². The van der Waals surface area contributed by atoms with Crippen molar-refractivity contribution in [3.8, 4) is 17.5 Å². The summed E-state index contributed by atoms with van der Waals surface area (Å²) in [6, 6.07) is 17.1. The maximum absolute atomic E-state index is 12.0. The van der Waals surface area contributed by atoms with Gasteiger partial charge in [0.25, 0.3) is 0 Å². The lowest BCUT2D eigenvalue weighted by Crippen LogP contribution is -1.98. The van der Waals surface area contributed by atoms with Gasteiger partial charge in [0.2, 0.25) is 0 Å². The summed E-state index contributed by atoms with van der Waals surface area (Å²) in [5, 5.41) is 8.69. The summed E-state index contributed by atoms with van der Waals surface area (Å²) in [6.45, 7) is 0. The van der Waals surface area contributed by atoms with Crippen molar-refractivity contribution in [2.24, 2.45) is 0 Å². The van der Waals surface area contributed by atoms with E-state index in [-0.39, 0.29) is 12.2 Å². The van der Waals surface area contributed by atoms with Gasteiger partial charge in [-0.3, -0.25) is 9.20 Å². The zero-order valence-corrected chi connectivity index (χ0v) is 10.7. The summed E-state index contributed by atoms with van der Waals surface area (Å²) in [4.78, 5) is 16.4. The number of carbonyl (C=O) groups is 1. The number of nitriles is 1. The Kier molecular flexibility index (Phi) is 3.02. The van der Waals surface area contributed by atoms with E-state index < -0.39 is 0 Å². The lowest BCUT2D eigenvalue weighted by atomic mass is 10.2. The number of imidazole rings is 1. The van der Waals surface area contributed by atoms with Crippen molar-refractivity contribution in [1.82, 2.24) is 9.38 Å². The Morgan fingerprint density at radius 1 is 1.15 bits per heavy atom. The lowest BCUT2D eigenvalue weighted by Gasteiger charge is -1.99. The van der Waals surface area contributed by atoms with Gasteiger partial charge in [-0.2, -0.15) is 5.26 Å². The van der Waals surface area contributed by atoms with Crippen LogP contribution in [0.25, 0.3) is 16.9 Å². The summed E-state index contributed by atoms with van der Waals surface area (Å²) in [5.41, 5.74) is 2.02. The molecule has 0 N–H and O–H groups in total. The van der Waals surface area contributed by atoms with Gasteiger partial charge in [-0.1, -0.05) is 36.4 Å². The van der Waals surface area contributed by atoms with Crippen molar-refractivity contribution in [3.63, 3.8) is 0 Å². The molecule has 0 fully saturated rings. The van der Waals surface area contributed by atoms with E-state index in [9.17, 15) is 4.79 Å². The molecule has 0 unspecified atom stereocenters. The van der Waals surface area contributed by atoms with Crippen LogP contribution < -0.4 is 0 Å². The predicted molar refractivity (Wildman–Crippen MR) is 75.2 cm³/mol. The highest BCUT2D eigenvalue weighted by atomic mass is 16.1. The average Bonchev–Trinajstić information content (AvgIpc) is 2.88. The van der Waals surface area contributed by atoms with Gasteiger partial charge in [0, 0.05) is 11.8 Å². The smallest absolute Gasteiger partial charge is 0.197 e. The minimum absolute atomic E-state index is 0.157. The fourth-order valence-electron chi connectivity index (χ4n) is 2.19. The van der Waals surface area contributed by atoms with E-state index in [0.29, 0.717) is 11.5 Å². The SMILES string of the molecule is N#CCC(=O)c1nc(-c2ccccc2)n2ccccc12. The molecule has 0 saturated carbocycles. The topological polar surface area (TPSA) is 58.2 Å². The average molecular weight is 261 g/mol. The number of ketones is 1. The maximum Gasteiger partial charge on any atom is 0.197 e. The van der Waals surface area contributed by atoms with Gasteiger partial charge in [0.05, 0.1) is 11.6 Å². The van der Waals surface area contributed by atoms with Crippen LogP contribution in [0.5, 0.6) is 0 Å². The number of rotatable bonds is 3. The molecule has 0 saturated heterocycles. The Labute approximate surface area is 115 Å². The third kappa shape index (κ3) is 1.95. The molecular formula is C16H11N3O. The van der Waals surface area contributed by atoms with Crippen molar-refractivity contribution in [3.05, 3.63) is 60.4 Å². The molecule has 0 amide bonds. The summed E-state index contributed by atoms with van der Waals surface area (Å²) in [6.07, 6.45) is 1.71. The first-order valence-corrected chi connectivity index (χ1v) is 6.24. The molecule has 3 aromatic rings. The Morgan fingerprint density at radius 3 is 2.65 bits per heavy atom. The Hall–Kier alpha value is -2.93. The molecule has 4 heteroatoms. The van der Waals surface area contributed by atoms with Crippen molar-refractivity contribution >= 4 is 11.3 Å². The largest absolute Gasteiger partial charge is 0.299 e. The highest BCUT2D eigenvalue weighted by molar-refractivity contribution is 6.02. The first-order valence-electron chi connectivity index (χ1n) is 6.24. The standard InChI is InChI=1S/C16H11N3O/c17-10-9-14(20)15-13-8-4-5-11-19(13)16(18-15)12-6-2-1-3-7-12/h1-8,11H,9H2. The van der Waals surface area contributed by atoms with Crippen molar-refractivity contribution < 1.29 is 4.79 Å². The summed E-state index contributed by atoms with van der Waals surface area (Å²) >= 11 is 0. The normalized spacial score (nSPS) is 10.3. The van der Waals surface area contributed by atoms with Crippen LogP contribution >= 0.6 is 0 Å². The minimum Gasteiger partial charge on any atom is -0.299 e. The molecule has 1 aromatic carbocycles. The van der Waals surface area contributed by atoms with E-state index >= 15 is 0 Å². The van der Waals surface area contributed by atoms with Crippen LogP contribution in [-0.2, 0) is 0 Å². The van der Waals surface area contributed by atoms with Crippen LogP contribution in [0, 0.1) is 11.3 Å². The molecule has 0 spiro atoms. The highest BCUT2D eigenvalue weighted by Crippen LogP contribution is 2.23. The molecule has 0 radical (unpaired) electrons. The molecule has 0 aliphatic rings. The zero-order chi connectivity index (χ0) is 13.9. The molecule has 0 aliphatic heterocycles. The van der Waals surface area contributed by atoms with Crippen molar-refractivity contribution in [2.45, 2.75) is 6.42 Å². The van der Waals surface area contributed by atoms with E-state index in [1.165, 1.54) is 0 Å². The number of pyridine rings is 1. The number of hydrogen-bond donors (Lipinski definition) is 0. The van der Waals surface area contributed by atoms with Crippen LogP contribution in [0.4, 0.5) is 0 Å². The summed E-state index contributed by atoms with van der Waals surface area (Å²) < 4.78 is 1.87. The number of fused-ring (bicyclic) bond motifs is 1. The highest BCUT2D eigenvalue weighted by Gasteiger charge is 2.17. The van der Waals surface area contributed by atoms with E-state index in [1.807, 2.05) is 65.2 Å². The minimum atomic E-state index is -0.251. The molecular weight excluding hydrogens is 250 g/mol. The summed E-state index contributed by atoms with van der Waals surface area (Å²) in [7, 11) is 0. The van der Waals surface area contributed by atoms with Crippen LogP contribution in [0.3, 0.4) is 0 Å². The Bertz CT molecular complexity index is 813. The molecule has 4 nitrogen and oxygen atoms in total. The number of hydrogen-bond acceptors (Lipinski definition) is 3. The second kappa shape index (κ2) is 4.98. The monoisotopic (exact) mass is 261 g/mol. The number of nitrogens with zero attached hydrogens (tertiary/aromatic N) is 3. The van der Waals surface area contributed by atoms with Crippen LogP contribution in [0.15, 0.2) is 54.7 Å². The number of aromatic nitrogens is 2. The van der Waals surface area contributed by atoms with Crippen molar-refractivity contribution in [1.29, 1.82) is 5.26 Å². The Balaban J connectivity index is 2.25. The number of benzene rings is 1. The first-order chi connectivity index (χ1) is 9.81. The van der Waals surface area contributed by atoms with Crippen LogP contribution in [-0.4, -0.2) is 15.2 Å². The van der Waals surface area contributed by atoms with Gasteiger partial charge < -0.3 is 0 Å². The first kappa shape index (κ1) is 12.1. The third-order valence-corrected chi connectivity index (χ3v) is 3.08. The second-order valence-corrected chi connectivity index (χ2v) is 4.36. The quantitative estimate of drug-likeness (QED) is 0.681. The third-order valence-electron chi connectivity index (χ3n) is 3.08. The van der Waals surface area contributed by atoms with E-state index in [1.54, 1.807) is 0 Å². The van der Waals surface area contributed by atoms with Gasteiger partial charge in [-0.15, -0.1) is 0 Å². The van der Waals surface area contributed by atoms with Crippen molar-refractivity contribution in [2.75, 3.05) is 0 Å². The van der Waals surface area contributed by atoms with Gasteiger partial charge in [-0.05, 0) is 12.1 Å². The molecule has 2 heterocycles. The fraction of sp³-hybridized carbons (Fsp3) is 0.0625. The fourth-order valence-corrected chi connectivity index (χ4v) is 2.19. The maximum atomic E-state index is 12.0. The molecule has 0 atom stereocenters.